The van der Waals surface area contributed by atoms with Crippen LogP contribution < -0.4 is 21.3 Å². The number of anilines is 2. The first kappa shape index (κ1) is 22.1. The van der Waals surface area contributed by atoms with Crippen LogP contribution in [-0.4, -0.2) is 32.2 Å². The molecule has 1 aromatic rings. The SMILES string of the molecule is CCCC(CCC(C)CC)N/C=C(\CN)C1CN(C)c2cccc(Br)c2N1. The van der Waals surface area contributed by atoms with Crippen LogP contribution in [0.15, 0.2) is 34.4 Å². The average Bonchev–Trinajstić information content (AvgIpc) is 2.67. The smallest absolute Gasteiger partial charge is 0.0727 e. The maximum atomic E-state index is 6.13. The molecule has 4 N–H and O–H groups in total. The third-order valence-corrected chi connectivity index (χ3v) is 6.37. The Labute approximate surface area is 174 Å². The molecular weight excluding hydrogens is 400 g/mol. The largest absolute Gasteiger partial charge is 0.388 e. The molecule has 0 spiro atoms. The molecule has 1 aromatic carbocycles. The van der Waals surface area contributed by atoms with E-state index in [0.717, 1.165) is 22.6 Å². The van der Waals surface area contributed by atoms with E-state index in [1.54, 1.807) is 0 Å². The molecule has 152 valence electrons. The molecule has 0 aliphatic carbocycles. The number of hydrogen-bond acceptors (Lipinski definition) is 4. The number of nitrogens with zero attached hydrogens (tertiary/aromatic N) is 1. The summed E-state index contributed by atoms with van der Waals surface area (Å²) < 4.78 is 1.10. The van der Waals surface area contributed by atoms with Crippen LogP contribution in [0.5, 0.6) is 0 Å². The van der Waals surface area contributed by atoms with Gasteiger partial charge in [-0.25, -0.2) is 0 Å². The van der Waals surface area contributed by atoms with Gasteiger partial charge in [0.05, 0.1) is 17.4 Å². The molecular formula is C22H37BrN4. The number of nitrogens with one attached hydrogen (secondary N) is 2. The second-order valence-corrected chi connectivity index (χ2v) is 8.73. The summed E-state index contributed by atoms with van der Waals surface area (Å²) in [6.07, 6.45) is 8.36. The molecule has 5 heteroatoms. The Hall–Kier alpha value is -1.20. The van der Waals surface area contributed by atoms with Gasteiger partial charge < -0.3 is 21.3 Å². The highest BCUT2D eigenvalue weighted by molar-refractivity contribution is 9.10. The fourth-order valence-corrected chi connectivity index (χ4v) is 4.12. The molecule has 1 aliphatic heterocycles. The lowest BCUT2D eigenvalue weighted by atomic mass is 9.97. The number of nitrogens with two attached hydrogens (primary N) is 1. The van der Waals surface area contributed by atoms with Gasteiger partial charge in [0, 0.05) is 30.7 Å². The molecule has 2 rings (SSSR count). The Balaban J connectivity index is 2.07. The van der Waals surface area contributed by atoms with Crippen molar-refractivity contribution in [3.8, 4) is 0 Å². The maximum Gasteiger partial charge on any atom is 0.0727 e. The molecule has 0 amide bonds. The minimum Gasteiger partial charge on any atom is -0.388 e. The van der Waals surface area contributed by atoms with Crippen LogP contribution in [0.3, 0.4) is 0 Å². The summed E-state index contributed by atoms with van der Waals surface area (Å²) in [5.74, 6) is 0.798. The molecule has 4 nitrogen and oxygen atoms in total. The Morgan fingerprint density at radius 2 is 2.15 bits per heavy atom. The first-order valence-electron chi connectivity index (χ1n) is 10.4. The fraction of sp³-hybridized carbons (Fsp3) is 0.636. The highest BCUT2D eigenvalue weighted by Gasteiger charge is 2.25. The van der Waals surface area contributed by atoms with Crippen molar-refractivity contribution >= 4 is 27.3 Å². The molecule has 0 bridgehead atoms. The molecule has 3 atom stereocenters. The van der Waals surface area contributed by atoms with Crippen LogP contribution in [0.25, 0.3) is 0 Å². The molecule has 0 radical (unpaired) electrons. The van der Waals surface area contributed by atoms with Gasteiger partial charge in [-0.1, -0.05) is 39.7 Å². The van der Waals surface area contributed by atoms with Gasteiger partial charge in [0.15, 0.2) is 0 Å². The summed E-state index contributed by atoms with van der Waals surface area (Å²) in [5.41, 5.74) is 9.74. The lowest BCUT2D eigenvalue weighted by Gasteiger charge is -2.36. The molecule has 0 aromatic heterocycles. The molecule has 27 heavy (non-hydrogen) atoms. The third kappa shape index (κ3) is 6.15. The number of benzene rings is 1. The van der Waals surface area contributed by atoms with E-state index in [1.807, 2.05) is 0 Å². The van der Waals surface area contributed by atoms with Crippen molar-refractivity contribution in [2.24, 2.45) is 11.7 Å². The molecule has 1 aliphatic rings. The lowest BCUT2D eigenvalue weighted by molar-refractivity contribution is 0.416. The van der Waals surface area contributed by atoms with Gasteiger partial charge in [0.2, 0.25) is 0 Å². The Morgan fingerprint density at radius 1 is 1.37 bits per heavy atom. The first-order valence-corrected chi connectivity index (χ1v) is 11.2. The molecule has 0 saturated heterocycles. The van der Waals surface area contributed by atoms with E-state index in [0.29, 0.717) is 12.6 Å². The number of rotatable bonds is 10. The summed E-state index contributed by atoms with van der Waals surface area (Å²) >= 11 is 3.68. The van der Waals surface area contributed by atoms with E-state index in [2.05, 4.69) is 83.7 Å². The predicted octanol–water partition coefficient (Wildman–Crippen LogP) is 5.11. The minimum atomic E-state index is 0.218. The quantitative estimate of drug-likeness (QED) is 0.476. The summed E-state index contributed by atoms with van der Waals surface area (Å²) in [6, 6.07) is 7.06. The van der Waals surface area contributed by atoms with Crippen molar-refractivity contribution in [2.45, 2.75) is 65.0 Å². The van der Waals surface area contributed by atoms with Crippen molar-refractivity contribution in [3.63, 3.8) is 0 Å². The second kappa shape index (κ2) is 11.0. The molecule has 0 fully saturated rings. The van der Waals surface area contributed by atoms with E-state index in [1.165, 1.54) is 43.4 Å². The Bertz CT molecular complexity index is 616. The van der Waals surface area contributed by atoms with Gasteiger partial charge in [0.25, 0.3) is 0 Å². The van der Waals surface area contributed by atoms with Crippen LogP contribution in [0.1, 0.15) is 52.9 Å². The Morgan fingerprint density at radius 3 is 2.81 bits per heavy atom. The molecule has 3 unspecified atom stereocenters. The van der Waals surface area contributed by atoms with Gasteiger partial charge >= 0.3 is 0 Å². The average molecular weight is 437 g/mol. The number of likely N-dealkylation sites (N-methyl/N-ethyl adjacent to an activating group) is 1. The van der Waals surface area contributed by atoms with Crippen molar-refractivity contribution in [3.05, 3.63) is 34.4 Å². The zero-order valence-corrected chi connectivity index (χ0v) is 19.0. The summed E-state index contributed by atoms with van der Waals surface area (Å²) in [4.78, 5) is 2.30. The number of fused-ring (bicyclic) bond motifs is 1. The summed E-state index contributed by atoms with van der Waals surface area (Å²) in [5, 5.41) is 7.37. The topological polar surface area (TPSA) is 53.3 Å². The zero-order chi connectivity index (χ0) is 19.8. The van der Waals surface area contributed by atoms with Gasteiger partial charge in [-0.05, 0) is 65.0 Å². The third-order valence-electron chi connectivity index (χ3n) is 5.71. The van der Waals surface area contributed by atoms with Gasteiger partial charge in [0.1, 0.15) is 0 Å². The number of halogens is 1. The first-order chi connectivity index (χ1) is 13.0. The van der Waals surface area contributed by atoms with Gasteiger partial charge in [-0.2, -0.15) is 0 Å². The van der Waals surface area contributed by atoms with E-state index in [4.69, 9.17) is 5.73 Å². The second-order valence-electron chi connectivity index (χ2n) is 7.88. The maximum absolute atomic E-state index is 6.13. The van der Waals surface area contributed by atoms with Crippen LogP contribution in [0.4, 0.5) is 11.4 Å². The minimum absolute atomic E-state index is 0.218. The van der Waals surface area contributed by atoms with Crippen LogP contribution in [0, 0.1) is 5.92 Å². The highest BCUT2D eigenvalue weighted by atomic mass is 79.9. The normalized spacial score (nSPS) is 19.3. The summed E-state index contributed by atoms with van der Waals surface area (Å²) in [6.45, 7) is 8.36. The van der Waals surface area contributed by atoms with Crippen molar-refractivity contribution in [2.75, 3.05) is 30.4 Å². The molecule has 0 saturated carbocycles. The predicted molar refractivity (Wildman–Crippen MR) is 122 cm³/mol. The summed E-state index contributed by atoms with van der Waals surface area (Å²) in [7, 11) is 2.15. The van der Waals surface area contributed by atoms with Crippen molar-refractivity contribution < 1.29 is 0 Å². The van der Waals surface area contributed by atoms with Crippen molar-refractivity contribution in [1.82, 2.24) is 5.32 Å². The monoisotopic (exact) mass is 436 g/mol. The Kier molecular flexibility index (Phi) is 8.97. The van der Waals surface area contributed by atoms with Crippen LogP contribution >= 0.6 is 15.9 Å². The number of para-hydroxylation sites is 1. The van der Waals surface area contributed by atoms with Crippen LogP contribution in [0.2, 0.25) is 0 Å². The van der Waals surface area contributed by atoms with Crippen molar-refractivity contribution in [1.29, 1.82) is 0 Å². The van der Waals surface area contributed by atoms with Crippen LogP contribution in [-0.2, 0) is 0 Å². The highest BCUT2D eigenvalue weighted by Crippen LogP contribution is 2.37. The van der Waals surface area contributed by atoms with Gasteiger partial charge in [-0.15, -0.1) is 0 Å². The number of hydrogen-bond donors (Lipinski definition) is 3. The molecule has 1 heterocycles. The van der Waals surface area contributed by atoms with E-state index in [-0.39, 0.29) is 6.04 Å². The fourth-order valence-electron chi connectivity index (χ4n) is 3.65. The van der Waals surface area contributed by atoms with Gasteiger partial charge in [-0.3, -0.25) is 0 Å². The van der Waals surface area contributed by atoms with E-state index < -0.39 is 0 Å². The zero-order valence-electron chi connectivity index (χ0n) is 17.4. The van der Waals surface area contributed by atoms with E-state index >= 15 is 0 Å². The van der Waals surface area contributed by atoms with E-state index in [9.17, 15) is 0 Å². The standard InChI is InChI=1S/C22H37BrN4/c1-5-8-18(12-11-16(3)6-2)25-14-17(13-24)20-15-27(4)21-10-7-9-19(23)22(21)26-20/h7,9-10,14,16,18,20,25-26H,5-6,8,11-13,15,24H2,1-4H3/b17-14+. The lowest BCUT2D eigenvalue weighted by Crippen LogP contribution is -2.43.